The third kappa shape index (κ3) is 3.69. The van der Waals surface area contributed by atoms with E-state index in [1.807, 2.05) is 30.3 Å². The normalized spacial score (nSPS) is 10.4. The zero-order chi connectivity index (χ0) is 12.1. The summed E-state index contributed by atoms with van der Waals surface area (Å²) in [6.07, 6.45) is 1.02. The van der Waals surface area contributed by atoms with E-state index in [4.69, 9.17) is 17.3 Å². The Hall–Kier alpha value is -1.12. The molecule has 0 aliphatic carbocycles. The van der Waals surface area contributed by atoms with Gasteiger partial charge in [-0.3, -0.25) is 0 Å². The number of nitrogen functional groups attached to an aromatic ring is 1. The summed E-state index contributed by atoms with van der Waals surface area (Å²) in [5.41, 5.74) is 8.04. The maximum Gasteiger partial charge on any atom is 0.0452 e. The van der Waals surface area contributed by atoms with Gasteiger partial charge in [0.1, 0.15) is 0 Å². The second-order valence-corrected chi connectivity index (χ2v) is 5.34. The molecule has 0 aliphatic heterocycles. The predicted octanol–water partition coefficient (Wildman–Crippen LogP) is 4.26. The maximum absolute atomic E-state index is 5.88. The van der Waals surface area contributed by atoms with E-state index >= 15 is 0 Å². The van der Waals surface area contributed by atoms with E-state index in [0.29, 0.717) is 0 Å². The van der Waals surface area contributed by atoms with Crippen LogP contribution in [0.25, 0.3) is 0 Å². The number of benzene rings is 2. The third-order valence-electron chi connectivity index (χ3n) is 2.48. The van der Waals surface area contributed by atoms with Crippen LogP contribution < -0.4 is 5.73 Å². The zero-order valence-corrected chi connectivity index (χ0v) is 11.0. The van der Waals surface area contributed by atoms with Gasteiger partial charge in [-0.05, 0) is 36.2 Å². The molecule has 0 bridgehead atoms. The first-order chi connectivity index (χ1) is 8.25. The lowest BCUT2D eigenvalue weighted by atomic mass is 10.2. The Balaban J connectivity index is 1.88. The Morgan fingerprint density at radius 1 is 1.00 bits per heavy atom. The Morgan fingerprint density at radius 2 is 1.71 bits per heavy atom. The molecular weight excluding hydrogens is 250 g/mol. The van der Waals surface area contributed by atoms with Gasteiger partial charge in [0.25, 0.3) is 0 Å². The van der Waals surface area contributed by atoms with Gasteiger partial charge < -0.3 is 5.73 Å². The minimum Gasteiger partial charge on any atom is -0.398 e. The van der Waals surface area contributed by atoms with E-state index < -0.39 is 0 Å². The topological polar surface area (TPSA) is 26.0 Å². The SMILES string of the molecule is Nc1ccccc1SCCc1ccc(Cl)cc1. The van der Waals surface area contributed by atoms with Crippen LogP contribution >= 0.6 is 23.4 Å². The number of para-hydroxylation sites is 1. The van der Waals surface area contributed by atoms with Crippen molar-refractivity contribution in [3.05, 3.63) is 59.1 Å². The Bertz CT molecular complexity index is 482. The van der Waals surface area contributed by atoms with Crippen molar-refractivity contribution in [2.24, 2.45) is 0 Å². The Labute approximate surface area is 111 Å². The average molecular weight is 264 g/mol. The lowest BCUT2D eigenvalue weighted by Crippen LogP contribution is -1.91. The molecule has 0 saturated heterocycles. The largest absolute Gasteiger partial charge is 0.398 e. The van der Waals surface area contributed by atoms with Crippen molar-refractivity contribution in [3.63, 3.8) is 0 Å². The highest BCUT2D eigenvalue weighted by atomic mass is 35.5. The Morgan fingerprint density at radius 3 is 2.41 bits per heavy atom. The standard InChI is InChI=1S/C14H14ClNS/c15-12-7-5-11(6-8-12)9-10-17-14-4-2-1-3-13(14)16/h1-8H,9-10,16H2. The number of aryl methyl sites for hydroxylation is 1. The first-order valence-corrected chi connectivity index (χ1v) is 6.84. The quantitative estimate of drug-likeness (QED) is 0.659. The van der Waals surface area contributed by atoms with Crippen molar-refractivity contribution >= 4 is 29.1 Å². The van der Waals surface area contributed by atoms with Gasteiger partial charge in [-0.2, -0.15) is 0 Å². The van der Waals surface area contributed by atoms with Crippen molar-refractivity contribution in [2.45, 2.75) is 11.3 Å². The van der Waals surface area contributed by atoms with Crippen LogP contribution in [0, 0.1) is 0 Å². The molecule has 0 radical (unpaired) electrons. The molecule has 0 saturated carbocycles. The second-order valence-electron chi connectivity index (χ2n) is 3.76. The van der Waals surface area contributed by atoms with Crippen LogP contribution in [0.3, 0.4) is 0 Å². The highest BCUT2D eigenvalue weighted by Crippen LogP contribution is 2.25. The van der Waals surface area contributed by atoms with Crippen LogP contribution in [0.2, 0.25) is 5.02 Å². The summed E-state index contributed by atoms with van der Waals surface area (Å²) >= 11 is 7.63. The molecule has 0 heterocycles. The summed E-state index contributed by atoms with van der Waals surface area (Å²) in [5, 5.41) is 0.786. The third-order valence-corrected chi connectivity index (χ3v) is 3.82. The fourth-order valence-corrected chi connectivity index (χ4v) is 2.64. The monoisotopic (exact) mass is 263 g/mol. The lowest BCUT2D eigenvalue weighted by Gasteiger charge is -2.05. The van der Waals surface area contributed by atoms with Crippen LogP contribution in [0.4, 0.5) is 5.69 Å². The van der Waals surface area contributed by atoms with Gasteiger partial charge in [-0.1, -0.05) is 35.9 Å². The zero-order valence-electron chi connectivity index (χ0n) is 9.40. The van der Waals surface area contributed by atoms with E-state index in [9.17, 15) is 0 Å². The Kier molecular flexibility index (Phi) is 4.35. The van der Waals surface area contributed by atoms with E-state index in [0.717, 1.165) is 27.8 Å². The molecule has 2 aromatic rings. The molecule has 0 atom stereocenters. The highest BCUT2D eigenvalue weighted by Gasteiger charge is 1.99. The van der Waals surface area contributed by atoms with Crippen LogP contribution in [0.1, 0.15) is 5.56 Å². The summed E-state index contributed by atoms with van der Waals surface area (Å²) in [6.45, 7) is 0. The van der Waals surface area contributed by atoms with Gasteiger partial charge in [0.05, 0.1) is 0 Å². The van der Waals surface area contributed by atoms with Crippen LogP contribution in [-0.2, 0) is 6.42 Å². The minimum atomic E-state index is 0.786. The number of nitrogens with two attached hydrogens (primary N) is 1. The molecule has 0 spiro atoms. The summed E-state index contributed by atoms with van der Waals surface area (Å²) in [6, 6.07) is 16.0. The summed E-state index contributed by atoms with van der Waals surface area (Å²) < 4.78 is 0. The summed E-state index contributed by atoms with van der Waals surface area (Å²) in [5.74, 6) is 1.02. The molecule has 0 fully saturated rings. The van der Waals surface area contributed by atoms with Gasteiger partial charge in [-0.25, -0.2) is 0 Å². The smallest absolute Gasteiger partial charge is 0.0452 e. The molecule has 2 N–H and O–H groups in total. The second kappa shape index (κ2) is 5.99. The van der Waals surface area contributed by atoms with E-state index in [2.05, 4.69) is 18.2 Å². The number of hydrogen-bond donors (Lipinski definition) is 1. The first-order valence-electron chi connectivity index (χ1n) is 5.47. The maximum atomic E-state index is 5.88. The number of thioether (sulfide) groups is 1. The lowest BCUT2D eigenvalue weighted by molar-refractivity contribution is 1.15. The summed E-state index contributed by atoms with van der Waals surface area (Å²) in [4.78, 5) is 1.15. The molecule has 0 aliphatic rings. The molecule has 0 amide bonds. The molecule has 2 rings (SSSR count). The first kappa shape index (κ1) is 12.3. The van der Waals surface area contributed by atoms with E-state index in [-0.39, 0.29) is 0 Å². The van der Waals surface area contributed by atoms with E-state index in [1.165, 1.54) is 5.56 Å². The number of rotatable bonds is 4. The van der Waals surface area contributed by atoms with Gasteiger partial charge >= 0.3 is 0 Å². The highest BCUT2D eigenvalue weighted by molar-refractivity contribution is 7.99. The number of anilines is 1. The molecule has 88 valence electrons. The predicted molar refractivity (Wildman–Crippen MR) is 76.7 cm³/mol. The molecule has 0 aromatic heterocycles. The summed E-state index contributed by atoms with van der Waals surface area (Å²) in [7, 11) is 0. The van der Waals surface area contributed by atoms with Crippen LogP contribution in [0.5, 0.6) is 0 Å². The van der Waals surface area contributed by atoms with Gasteiger partial charge in [-0.15, -0.1) is 11.8 Å². The molecule has 1 nitrogen and oxygen atoms in total. The molecule has 17 heavy (non-hydrogen) atoms. The minimum absolute atomic E-state index is 0.786. The van der Waals surface area contributed by atoms with Gasteiger partial charge in [0, 0.05) is 21.4 Å². The van der Waals surface area contributed by atoms with Crippen LogP contribution in [0.15, 0.2) is 53.4 Å². The van der Waals surface area contributed by atoms with Crippen molar-refractivity contribution in [2.75, 3.05) is 11.5 Å². The molecular formula is C14H14ClNS. The van der Waals surface area contributed by atoms with E-state index in [1.54, 1.807) is 11.8 Å². The van der Waals surface area contributed by atoms with Crippen molar-refractivity contribution in [1.82, 2.24) is 0 Å². The van der Waals surface area contributed by atoms with Gasteiger partial charge in [0.2, 0.25) is 0 Å². The van der Waals surface area contributed by atoms with Crippen molar-refractivity contribution < 1.29 is 0 Å². The number of hydrogen-bond acceptors (Lipinski definition) is 2. The van der Waals surface area contributed by atoms with Crippen molar-refractivity contribution in [3.8, 4) is 0 Å². The molecule has 3 heteroatoms. The fraction of sp³-hybridized carbons (Fsp3) is 0.143. The number of halogens is 1. The van der Waals surface area contributed by atoms with Crippen molar-refractivity contribution in [1.29, 1.82) is 0 Å². The van der Waals surface area contributed by atoms with Crippen LogP contribution in [-0.4, -0.2) is 5.75 Å². The average Bonchev–Trinajstić information content (AvgIpc) is 2.34. The molecule has 2 aromatic carbocycles. The fourth-order valence-electron chi connectivity index (χ4n) is 1.54. The van der Waals surface area contributed by atoms with Gasteiger partial charge in [0.15, 0.2) is 0 Å². The molecule has 0 unspecified atom stereocenters.